The maximum absolute atomic E-state index is 12.3. The predicted octanol–water partition coefficient (Wildman–Crippen LogP) is 1.30. The fourth-order valence-electron chi connectivity index (χ4n) is 2.47. The van der Waals surface area contributed by atoms with Gasteiger partial charge in [-0.2, -0.15) is 17.4 Å². The molecule has 0 spiro atoms. The van der Waals surface area contributed by atoms with Crippen molar-refractivity contribution in [1.82, 2.24) is 9.03 Å². The van der Waals surface area contributed by atoms with Crippen LogP contribution in [0, 0.1) is 5.92 Å². The predicted molar refractivity (Wildman–Crippen MR) is 83.1 cm³/mol. The summed E-state index contributed by atoms with van der Waals surface area (Å²) >= 11 is 0. The van der Waals surface area contributed by atoms with Crippen LogP contribution in [0.1, 0.15) is 25.3 Å². The Morgan fingerprint density at radius 3 is 2.77 bits per heavy atom. The van der Waals surface area contributed by atoms with Crippen molar-refractivity contribution in [3.05, 3.63) is 35.9 Å². The van der Waals surface area contributed by atoms with Gasteiger partial charge in [0.05, 0.1) is 12.5 Å². The summed E-state index contributed by atoms with van der Waals surface area (Å²) in [5, 5.41) is 0. The first-order chi connectivity index (χ1) is 10.5. The van der Waals surface area contributed by atoms with Gasteiger partial charge in [0.1, 0.15) is 0 Å². The topological polar surface area (TPSA) is 75.7 Å². The molecule has 2 rings (SSSR count). The highest BCUT2D eigenvalue weighted by atomic mass is 32.2. The fourth-order valence-corrected chi connectivity index (χ4v) is 3.75. The summed E-state index contributed by atoms with van der Waals surface area (Å²) in [7, 11) is -3.59. The van der Waals surface area contributed by atoms with E-state index in [0.29, 0.717) is 26.0 Å². The molecule has 1 aliphatic heterocycles. The first kappa shape index (κ1) is 16.9. The first-order valence-electron chi connectivity index (χ1n) is 7.48. The number of esters is 1. The smallest absolute Gasteiger partial charge is 0.310 e. The molecule has 7 heteroatoms. The number of hydrogen-bond donors (Lipinski definition) is 1. The molecule has 1 aromatic carbocycles. The Balaban J connectivity index is 1.95. The highest BCUT2D eigenvalue weighted by Crippen LogP contribution is 2.20. The zero-order chi connectivity index (χ0) is 16.0. The average molecular weight is 326 g/mol. The molecule has 0 amide bonds. The van der Waals surface area contributed by atoms with Gasteiger partial charge < -0.3 is 4.74 Å². The lowest BCUT2D eigenvalue weighted by Crippen LogP contribution is -2.47. The maximum atomic E-state index is 12.3. The van der Waals surface area contributed by atoms with E-state index in [1.165, 1.54) is 4.31 Å². The Bertz CT molecular complexity index is 589. The third-order valence-electron chi connectivity index (χ3n) is 3.65. The summed E-state index contributed by atoms with van der Waals surface area (Å²) < 4.78 is 33.6. The lowest BCUT2D eigenvalue weighted by Gasteiger charge is -2.30. The molecule has 1 saturated heterocycles. The van der Waals surface area contributed by atoms with Crippen LogP contribution in [0.15, 0.2) is 30.3 Å². The van der Waals surface area contributed by atoms with E-state index in [1.54, 1.807) is 6.92 Å². The Morgan fingerprint density at radius 1 is 1.36 bits per heavy atom. The van der Waals surface area contributed by atoms with Gasteiger partial charge >= 0.3 is 5.97 Å². The van der Waals surface area contributed by atoms with Crippen LogP contribution in [0.25, 0.3) is 0 Å². The van der Waals surface area contributed by atoms with Gasteiger partial charge in [-0.15, -0.1) is 0 Å². The molecule has 0 aromatic heterocycles. The van der Waals surface area contributed by atoms with E-state index in [4.69, 9.17) is 4.74 Å². The van der Waals surface area contributed by atoms with E-state index in [9.17, 15) is 13.2 Å². The molecule has 0 unspecified atom stereocenters. The lowest BCUT2D eigenvalue weighted by atomic mass is 10.0. The monoisotopic (exact) mass is 326 g/mol. The largest absolute Gasteiger partial charge is 0.466 e. The summed E-state index contributed by atoms with van der Waals surface area (Å²) in [6, 6.07) is 9.33. The number of carbonyl (C=O) groups is 1. The molecule has 0 aliphatic carbocycles. The molecular formula is C15H22N2O4S. The normalized spacial score (nSPS) is 19.8. The van der Waals surface area contributed by atoms with Gasteiger partial charge in [0.2, 0.25) is 0 Å². The van der Waals surface area contributed by atoms with Crippen LogP contribution in [0.3, 0.4) is 0 Å². The number of carbonyl (C=O) groups excluding carboxylic acids is 1. The molecule has 0 radical (unpaired) electrons. The van der Waals surface area contributed by atoms with Crippen LogP contribution in [0.4, 0.5) is 0 Å². The second-order valence-electron chi connectivity index (χ2n) is 5.26. The molecular weight excluding hydrogens is 304 g/mol. The van der Waals surface area contributed by atoms with Crippen LogP contribution in [0.2, 0.25) is 0 Å². The lowest BCUT2D eigenvalue weighted by molar-refractivity contribution is -0.149. The van der Waals surface area contributed by atoms with Crippen molar-refractivity contribution in [1.29, 1.82) is 0 Å². The number of nitrogens with zero attached hydrogens (tertiary/aromatic N) is 1. The SMILES string of the molecule is CCOC(=O)[C@H]1CCCN(S(=O)(=O)NCc2ccccc2)C1. The third-order valence-corrected chi connectivity index (χ3v) is 5.17. The minimum atomic E-state index is -3.59. The summed E-state index contributed by atoms with van der Waals surface area (Å²) in [5.74, 6) is -0.688. The molecule has 22 heavy (non-hydrogen) atoms. The molecule has 1 fully saturated rings. The zero-order valence-electron chi connectivity index (χ0n) is 12.7. The summed E-state index contributed by atoms with van der Waals surface area (Å²) in [4.78, 5) is 11.8. The molecule has 122 valence electrons. The zero-order valence-corrected chi connectivity index (χ0v) is 13.5. The van der Waals surface area contributed by atoms with Gasteiger partial charge in [-0.3, -0.25) is 4.79 Å². The molecule has 1 aromatic rings. The first-order valence-corrected chi connectivity index (χ1v) is 8.92. The van der Waals surface area contributed by atoms with Crippen molar-refractivity contribution in [3.8, 4) is 0 Å². The standard InChI is InChI=1S/C15H22N2O4S/c1-2-21-15(18)14-9-6-10-17(12-14)22(19,20)16-11-13-7-4-3-5-8-13/h3-5,7-8,14,16H,2,6,9-12H2,1H3/t14-/m0/s1. The maximum Gasteiger partial charge on any atom is 0.310 e. The van der Waals surface area contributed by atoms with Gasteiger partial charge in [-0.1, -0.05) is 30.3 Å². The van der Waals surface area contributed by atoms with E-state index in [0.717, 1.165) is 5.56 Å². The van der Waals surface area contributed by atoms with Gasteiger partial charge in [0, 0.05) is 19.6 Å². The minimum absolute atomic E-state index is 0.183. The van der Waals surface area contributed by atoms with E-state index in [1.807, 2.05) is 30.3 Å². The summed E-state index contributed by atoms with van der Waals surface area (Å²) in [5.41, 5.74) is 0.894. The highest BCUT2D eigenvalue weighted by Gasteiger charge is 2.32. The number of hydrogen-bond acceptors (Lipinski definition) is 4. The Kier molecular flexibility index (Phi) is 5.93. The molecule has 1 atom stereocenters. The van der Waals surface area contributed by atoms with Gasteiger partial charge in [-0.05, 0) is 25.3 Å². The third kappa shape index (κ3) is 4.53. The second kappa shape index (κ2) is 7.71. The van der Waals surface area contributed by atoms with Crippen molar-refractivity contribution in [2.75, 3.05) is 19.7 Å². The molecule has 0 bridgehead atoms. The second-order valence-corrected chi connectivity index (χ2v) is 7.02. The van der Waals surface area contributed by atoms with Crippen LogP contribution in [-0.4, -0.2) is 38.4 Å². The number of nitrogens with one attached hydrogen (secondary N) is 1. The van der Waals surface area contributed by atoms with E-state index >= 15 is 0 Å². The number of rotatable bonds is 6. The minimum Gasteiger partial charge on any atom is -0.466 e. The van der Waals surface area contributed by atoms with Crippen LogP contribution in [0.5, 0.6) is 0 Å². The molecule has 1 N–H and O–H groups in total. The summed E-state index contributed by atoms with van der Waals surface area (Å²) in [6.45, 7) is 2.91. The average Bonchev–Trinajstić information content (AvgIpc) is 2.54. The Hall–Kier alpha value is -1.44. The van der Waals surface area contributed by atoms with Crippen molar-refractivity contribution in [2.24, 2.45) is 5.92 Å². The number of ether oxygens (including phenoxy) is 1. The Morgan fingerprint density at radius 2 is 2.09 bits per heavy atom. The van der Waals surface area contributed by atoms with Crippen LogP contribution >= 0.6 is 0 Å². The Labute approximate surface area is 131 Å². The summed E-state index contributed by atoms with van der Waals surface area (Å²) in [6.07, 6.45) is 1.33. The quantitative estimate of drug-likeness (QED) is 0.800. The molecule has 1 aliphatic rings. The van der Waals surface area contributed by atoms with Crippen molar-refractivity contribution < 1.29 is 17.9 Å². The van der Waals surface area contributed by atoms with Crippen LogP contribution < -0.4 is 4.72 Å². The van der Waals surface area contributed by atoms with Crippen molar-refractivity contribution in [3.63, 3.8) is 0 Å². The van der Waals surface area contributed by atoms with E-state index in [2.05, 4.69) is 4.72 Å². The van der Waals surface area contributed by atoms with Gasteiger partial charge in [-0.25, -0.2) is 0 Å². The van der Waals surface area contributed by atoms with Gasteiger partial charge in [0.15, 0.2) is 0 Å². The van der Waals surface area contributed by atoms with Crippen molar-refractivity contribution in [2.45, 2.75) is 26.3 Å². The fraction of sp³-hybridized carbons (Fsp3) is 0.533. The number of piperidine rings is 1. The molecule has 1 heterocycles. The number of benzene rings is 1. The van der Waals surface area contributed by atoms with Gasteiger partial charge in [0.25, 0.3) is 10.2 Å². The highest BCUT2D eigenvalue weighted by molar-refractivity contribution is 7.87. The van der Waals surface area contributed by atoms with Crippen molar-refractivity contribution >= 4 is 16.2 Å². The van der Waals surface area contributed by atoms with Crippen LogP contribution in [-0.2, 0) is 26.3 Å². The molecule has 6 nitrogen and oxygen atoms in total. The van der Waals surface area contributed by atoms with E-state index < -0.39 is 10.2 Å². The van der Waals surface area contributed by atoms with E-state index in [-0.39, 0.29) is 25.0 Å². The molecule has 0 saturated carbocycles.